The number of carbonyl (C=O) groups is 1. The van der Waals surface area contributed by atoms with E-state index in [0.29, 0.717) is 22.5 Å². The molecule has 3 atom stereocenters. The zero-order valence-corrected chi connectivity index (χ0v) is 22.7. The number of carbonyl (C=O) groups excluding carboxylic acids is 1. The van der Waals surface area contributed by atoms with Crippen molar-refractivity contribution in [1.29, 1.82) is 0 Å². The first-order chi connectivity index (χ1) is 18.4. The highest BCUT2D eigenvalue weighted by Crippen LogP contribution is 2.44. The molecular weight excluding hydrogens is 513 g/mol. The van der Waals surface area contributed by atoms with E-state index in [1.54, 1.807) is 13.0 Å². The number of ether oxygens (including phenoxy) is 3. The van der Waals surface area contributed by atoms with E-state index in [4.69, 9.17) is 14.2 Å². The van der Waals surface area contributed by atoms with Crippen LogP contribution < -0.4 is 4.74 Å². The van der Waals surface area contributed by atoms with Crippen molar-refractivity contribution in [2.45, 2.75) is 83.3 Å². The molecule has 11 heteroatoms. The molecule has 210 valence electrons. The fourth-order valence-corrected chi connectivity index (χ4v) is 5.88. The first kappa shape index (κ1) is 27.2. The molecule has 0 N–H and O–H groups in total. The topological polar surface area (TPSA) is 78.7 Å². The summed E-state index contributed by atoms with van der Waals surface area (Å²) in [5.41, 5.74) is 0.459. The van der Waals surface area contributed by atoms with Gasteiger partial charge in [-0.3, -0.25) is 0 Å². The van der Waals surface area contributed by atoms with Gasteiger partial charge in [0.05, 0.1) is 23.3 Å². The molecule has 2 aliphatic heterocycles. The summed E-state index contributed by atoms with van der Waals surface area (Å²) in [4.78, 5) is 15.0. The number of hydrogen-bond donors (Lipinski definition) is 0. The Morgan fingerprint density at radius 1 is 1.05 bits per heavy atom. The number of alkyl halides is 3. The van der Waals surface area contributed by atoms with Gasteiger partial charge in [-0.2, -0.15) is 13.2 Å². The Kier molecular flexibility index (Phi) is 6.98. The lowest BCUT2D eigenvalue weighted by atomic mass is 9.97. The van der Waals surface area contributed by atoms with Crippen molar-refractivity contribution in [3.05, 3.63) is 41.6 Å². The number of fused-ring (bicyclic) bond motifs is 3. The predicted octanol–water partition coefficient (Wildman–Crippen LogP) is 6.51. The number of amides is 1. The molecule has 8 nitrogen and oxygen atoms in total. The van der Waals surface area contributed by atoms with Crippen molar-refractivity contribution in [2.75, 3.05) is 13.9 Å². The lowest BCUT2D eigenvalue weighted by Gasteiger charge is -2.41. The molecule has 1 aromatic carbocycles. The van der Waals surface area contributed by atoms with Gasteiger partial charge in [0.25, 0.3) is 0 Å². The van der Waals surface area contributed by atoms with Crippen molar-refractivity contribution < 1.29 is 32.2 Å². The molecular formula is C28H33F3N4O4. The smallest absolute Gasteiger partial charge is 0.416 e. The van der Waals surface area contributed by atoms with Crippen LogP contribution in [0.15, 0.2) is 30.5 Å². The third kappa shape index (κ3) is 5.28. The molecule has 0 radical (unpaired) electrons. The Labute approximate surface area is 225 Å². The second-order valence-corrected chi connectivity index (χ2v) is 11.3. The van der Waals surface area contributed by atoms with Gasteiger partial charge in [0, 0.05) is 30.3 Å². The molecule has 2 saturated heterocycles. The first-order valence-electron chi connectivity index (χ1n) is 13.1. The van der Waals surface area contributed by atoms with Crippen LogP contribution in [-0.2, 0) is 15.7 Å². The van der Waals surface area contributed by atoms with Gasteiger partial charge >= 0.3 is 12.3 Å². The van der Waals surface area contributed by atoms with E-state index in [-0.39, 0.29) is 36.8 Å². The minimum absolute atomic E-state index is 0.0121. The number of piperidine rings is 1. The minimum Gasteiger partial charge on any atom is -0.467 e. The Balaban J connectivity index is 1.49. The summed E-state index contributed by atoms with van der Waals surface area (Å²) in [6, 6.07) is 5.94. The monoisotopic (exact) mass is 546 g/mol. The van der Waals surface area contributed by atoms with Crippen LogP contribution in [0.5, 0.6) is 5.75 Å². The van der Waals surface area contributed by atoms with Crippen LogP contribution in [0.3, 0.4) is 0 Å². The van der Waals surface area contributed by atoms with Gasteiger partial charge < -0.3 is 23.7 Å². The highest BCUT2D eigenvalue weighted by Gasteiger charge is 2.47. The van der Waals surface area contributed by atoms with Gasteiger partial charge in [0.1, 0.15) is 11.4 Å². The van der Waals surface area contributed by atoms with Gasteiger partial charge in [-0.1, -0.05) is 0 Å². The van der Waals surface area contributed by atoms with Crippen LogP contribution in [0.2, 0.25) is 0 Å². The third-order valence-electron chi connectivity index (χ3n) is 7.42. The molecule has 0 spiro atoms. The maximum atomic E-state index is 13.5. The predicted molar refractivity (Wildman–Crippen MR) is 138 cm³/mol. The van der Waals surface area contributed by atoms with E-state index < -0.39 is 17.3 Å². The normalized spacial score (nSPS) is 21.4. The average Bonchev–Trinajstić information content (AvgIpc) is 3.40. The van der Waals surface area contributed by atoms with Crippen molar-refractivity contribution in [2.24, 2.45) is 0 Å². The zero-order chi connectivity index (χ0) is 28.1. The number of nitrogens with zero attached hydrogens (tertiary/aromatic N) is 4. The van der Waals surface area contributed by atoms with Crippen LogP contribution in [0.4, 0.5) is 18.0 Å². The summed E-state index contributed by atoms with van der Waals surface area (Å²) in [6.07, 6.45) is 0.726. The number of aromatic nitrogens is 3. The second kappa shape index (κ2) is 10.0. The highest BCUT2D eigenvalue weighted by atomic mass is 19.4. The second-order valence-electron chi connectivity index (χ2n) is 11.3. The number of methoxy groups -OCH3 is 1. The molecule has 2 fully saturated rings. The molecule has 3 aromatic rings. The van der Waals surface area contributed by atoms with Crippen LogP contribution in [0, 0.1) is 6.92 Å². The number of benzene rings is 1. The minimum atomic E-state index is -4.52. The fourth-order valence-electron chi connectivity index (χ4n) is 5.88. The zero-order valence-electron chi connectivity index (χ0n) is 22.7. The van der Waals surface area contributed by atoms with Gasteiger partial charge in [0.2, 0.25) is 0 Å². The van der Waals surface area contributed by atoms with Crippen LogP contribution >= 0.6 is 0 Å². The van der Waals surface area contributed by atoms with Gasteiger partial charge in [-0.25, -0.2) is 4.79 Å². The van der Waals surface area contributed by atoms with E-state index in [2.05, 4.69) is 14.8 Å². The molecule has 4 heterocycles. The van der Waals surface area contributed by atoms with Crippen molar-refractivity contribution in [1.82, 2.24) is 19.7 Å². The van der Waals surface area contributed by atoms with Crippen molar-refractivity contribution in [3.8, 4) is 17.0 Å². The SMILES string of the molecule is COCOc1cc(C(F)(F)F)cc(C)c1-c1cc2ccn([C@H]3CC[C@H]4CC[C@@H]3N4C(=O)OC(C)(C)C)c2nn1. The summed E-state index contributed by atoms with van der Waals surface area (Å²) in [5.74, 6) is 0.0227. The van der Waals surface area contributed by atoms with E-state index >= 15 is 0 Å². The molecule has 0 saturated carbocycles. The maximum Gasteiger partial charge on any atom is 0.416 e. The fraction of sp³-hybridized carbons (Fsp3) is 0.536. The summed E-state index contributed by atoms with van der Waals surface area (Å²) < 4.78 is 58.6. The lowest BCUT2D eigenvalue weighted by Crippen LogP contribution is -2.50. The highest BCUT2D eigenvalue weighted by molar-refractivity contribution is 5.83. The Morgan fingerprint density at radius 2 is 1.77 bits per heavy atom. The molecule has 0 unspecified atom stereocenters. The van der Waals surface area contributed by atoms with Crippen LogP contribution in [0.1, 0.15) is 63.6 Å². The number of rotatable bonds is 5. The molecule has 5 rings (SSSR count). The average molecular weight is 547 g/mol. The Bertz CT molecular complexity index is 1380. The van der Waals surface area contributed by atoms with E-state index in [1.165, 1.54) is 7.11 Å². The van der Waals surface area contributed by atoms with Gasteiger partial charge in [-0.05, 0) is 83.2 Å². The maximum absolute atomic E-state index is 13.5. The quantitative estimate of drug-likeness (QED) is 0.340. The summed E-state index contributed by atoms with van der Waals surface area (Å²) in [5, 5.41) is 9.71. The van der Waals surface area contributed by atoms with Crippen molar-refractivity contribution >= 4 is 17.1 Å². The molecule has 0 aliphatic carbocycles. The van der Waals surface area contributed by atoms with E-state index in [0.717, 1.165) is 43.2 Å². The van der Waals surface area contributed by atoms with E-state index in [1.807, 2.05) is 37.9 Å². The Hall–Kier alpha value is -3.34. The molecule has 2 bridgehead atoms. The Morgan fingerprint density at radius 3 is 2.44 bits per heavy atom. The van der Waals surface area contributed by atoms with E-state index in [9.17, 15) is 18.0 Å². The first-order valence-corrected chi connectivity index (χ1v) is 13.1. The lowest BCUT2D eigenvalue weighted by molar-refractivity contribution is -0.137. The molecule has 2 aromatic heterocycles. The number of halogens is 3. The molecule has 1 amide bonds. The molecule has 39 heavy (non-hydrogen) atoms. The van der Waals surface area contributed by atoms with Crippen molar-refractivity contribution in [3.63, 3.8) is 0 Å². The standard InChI is InChI=1S/C28H33F3N4O4/c1-16-12-18(28(29,30)31)14-23(38-15-37-5)24(16)20-13-17-10-11-34(25(17)33-32-20)21-8-6-19-7-9-22(21)35(19)26(36)39-27(2,3)4/h10-14,19,21-22H,6-9,15H2,1-5H3/t19-,21-,22-/m0/s1. The number of hydrogen-bond acceptors (Lipinski definition) is 6. The largest absolute Gasteiger partial charge is 0.467 e. The number of aryl methyl sites for hydroxylation is 1. The summed E-state index contributed by atoms with van der Waals surface area (Å²) in [6.45, 7) is 6.98. The van der Waals surface area contributed by atoms with Gasteiger partial charge in [-0.15, -0.1) is 10.2 Å². The van der Waals surface area contributed by atoms with Crippen LogP contribution in [-0.4, -0.2) is 57.3 Å². The molecule has 2 aliphatic rings. The van der Waals surface area contributed by atoms with Gasteiger partial charge in [0.15, 0.2) is 12.4 Å². The summed E-state index contributed by atoms with van der Waals surface area (Å²) >= 11 is 0. The third-order valence-corrected chi connectivity index (χ3v) is 7.42. The van der Waals surface area contributed by atoms with Crippen LogP contribution in [0.25, 0.3) is 22.3 Å². The summed E-state index contributed by atoms with van der Waals surface area (Å²) in [7, 11) is 1.40.